The fourth-order valence-electron chi connectivity index (χ4n) is 7.76. The lowest BCUT2D eigenvalue weighted by molar-refractivity contribution is -0.385. The second-order valence-electron chi connectivity index (χ2n) is 17.0. The van der Waals surface area contributed by atoms with Gasteiger partial charge in [0, 0.05) is 22.9 Å². The predicted octanol–water partition coefficient (Wildman–Crippen LogP) is 7.81. The van der Waals surface area contributed by atoms with Crippen molar-refractivity contribution in [1.82, 2.24) is 9.78 Å². The predicted molar refractivity (Wildman–Crippen MR) is 286 cm³/mol. The Hall–Kier alpha value is -10.2. The number of carboxylic acids is 1. The van der Waals surface area contributed by atoms with Gasteiger partial charge in [-0.05, 0) is 90.7 Å². The van der Waals surface area contributed by atoms with Crippen LogP contribution in [0.3, 0.4) is 0 Å². The summed E-state index contributed by atoms with van der Waals surface area (Å²) in [5.41, 5.74) is -3.07. The standard InChI is InChI=1S/C44H30N12O24S5/c1-18-10-29(50-53-39-42(80-17-57)54-55(43(39)60)31-9-4-22(81(65,66)67)14-25(31)44(61)62)34(84(74,75)76)15-28(18)49-52-38-35(85(77,78)79)12-19-11-20(2-5-23(19)40(38)58)46-51-30-16-32(82(68,69)70)24-6-8-27(41(59)36(24)37(30)45)48-47-26-7-3-21(56(63)64)13-33(26)83(71,72)73/h2-17,54,58-59H,45H2,1H3,(H,61,62)(H,65,66,67)(H,68,69,70)(H,71,72,73)(H,74,75,76)(H,77,78,79). The molecule has 0 spiro atoms. The molecule has 85 heavy (non-hydrogen) atoms. The lowest BCUT2D eigenvalue weighted by Gasteiger charge is -2.12. The molecule has 0 bridgehead atoms. The fourth-order valence-corrected chi connectivity index (χ4v) is 10.9. The van der Waals surface area contributed by atoms with Crippen molar-refractivity contribution in [3.8, 4) is 23.1 Å². The number of fused-ring (bicyclic) bond motifs is 2. The molecule has 0 aliphatic rings. The summed E-state index contributed by atoms with van der Waals surface area (Å²) in [6, 6.07) is 12.3. The number of nitrogens with zero attached hydrogens (tertiary/aromatic N) is 10. The number of carbonyl (C=O) groups excluding carboxylic acids is 1. The summed E-state index contributed by atoms with van der Waals surface area (Å²) in [5, 5.41) is 74.5. The number of benzene rings is 7. The number of aromatic carboxylic acids is 1. The summed E-state index contributed by atoms with van der Waals surface area (Å²) >= 11 is 0. The molecule has 1 aromatic heterocycles. The number of nitrogen functional groups attached to an aromatic ring is 1. The number of nitro groups is 1. The number of rotatable bonds is 18. The Labute approximate surface area is 472 Å². The van der Waals surface area contributed by atoms with Gasteiger partial charge in [-0.25, -0.2) is 9.48 Å². The van der Waals surface area contributed by atoms with Crippen LogP contribution in [0.2, 0.25) is 0 Å². The number of ether oxygens (including phenoxy) is 1. The molecule has 11 N–H and O–H groups in total. The molecular formula is C44H30N12O24S5. The van der Waals surface area contributed by atoms with Crippen LogP contribution in [0, 0.1) is 17.0 Å². The maximum absolute atomic E-state index is 13.5. The zero-order valence-corrected chi connectivity index (χ0v) is 45.5. The topological polar surface area (TPSA) is 582 Å². The SMILES string of the molecule is Cc1cc(N=Nc2c(OC=O)[nH]n(-c3ccc(S(=O)(=O)O)cc3C(=O)O)c2=O)c(S(=O)(=O)O)cc1N=Nc1c(S(=O)(=O)O)cc2cc(N=Nc3cc(S(=O)(=O)O)c4ccc(N=Nc5ccc([N+](=O)[O-])cc5S(=O)(=O)O)c(O)c4c3N)ccc2c1O. The number of H-pyrrole nitrogens is 1. The van der Waals surface area contributed by atoms with E-state index >= 15 is 0 Å². The summed E-state index contributed by atoms with van der Waals surface area (Å²) in [7, 11) is -26.0. The van der Waals surface area contributed by atoms with E-state index in [1.54, 1.807) is 0 Å². The summed E-state index contributed by atoms with van der Waals surface area (Å²) in [6.07, 6.45) is 0. The number of hydrogen-bond donors (Lipinski definition) is 10. The van der Waals surface area contributed by atoms with Gasteiger partial charge in [0.15, 0.2) is 11.5 Å². The minimum Gasteiger partial charge on any atom is -0.505 e. The first-order valence-electron chi connectivity index (χ1n) is 22.2. The Morgan fingerprint density at radius 1 is 0.612 bits per heavy atom. The maximum atomic E-state index is 13.5. The van der Waals surface area contributed by atoms with Crippen LogP contribution in [0.15, 0.2) is 161 Å². The number of aryl methyl sites for hydroxylation is 1. The zero-order chi connectivity index (χ0) is 62.6. The number of phenolic OH excluding ortho intramolecular Hbond substituents is 2. The maximum Gasteiger partial charge on any atom is 0.337 e. The van der Waals surface area contributed by atoms with Gasteiger partial charge in [-0.1, -0.05) is 6.07 Å². The molecule has 7 aromatic carbocycles. The highest BCUT2D eigenvalue weighted by molar-refractivity contribution is 7.87. The van der Waals surface area contributed by atoms with Crippen molar-refractivity contribution in [2.24, 2.45) is 40.9 Å². The highest BCUT2D eigenvalue weighted by atomic mass is 32.2. The van der Waals surface area contributed by atoms with Crippen molar-refractivity contribution in [3.63, 3.8) is 0 Å². The zero-order valence-electron chi connectivity index (χ0n) is 41.4. The molecule has 0 saturated heterocycles. The number of aromatic nitrogens is 2. The van der Waals surface area contributed by atoms with Crippen LogP contribution < -0.4 is 16.0 Å². The van der Waals surface area contributed by atoms with Crippen LogP contribution in [0.4, 0.5) is 56.9 Å². The smallest absolute Gasteiger partial charge is 0.337 e. The molecule has 8 aromatic rings. The lowest BCUT2D eigenvalue weighted by atomic mass is 10.1. The largest absolute Gasteiger partial charge is 0.505 e. The Bertz CT molecular complexity index is 5070. The van der Waals surface area contributed by atoms with E-state index in [1.807, 2.05) is 0 Å². The molecule has 0 amide bonds. The van der Waals surface area contributed by atoms with Crippen molar-refractivity contribution in [1.29, 1.82) is 0 Å². The van der Waals surface area contributed by atoms with Crippen molar-refractivity contribution < 1.29 is 99.4 Å². The van der Waals surface area contributed by atoms with Gasteiger partial charge >= 0.3 is 11.5 Å². The summed E-state index contributed by atoms with van der Waals surface area (Å²) in [5.74, 6) is -4.59. The average molecular weight is 1270 g/mol. The number of nitrogens with two attached hydrogens (primary N) is 1. The number of nitro benzene ring substituents is 1. The van der Waals surface area contributed by atoms with Crippen LogP contribution in [0.5, 0.6) is 17.4 Å². The second-order valence-corrected chi connectivity index (χ2v) is 23.9. The number of carbonyl (C=O) groups is 2. The van der Waals surface area contributed by atoms with E-state index in [1.165, 1.54) is 6.92 Å². The van der Waals surface area contributed by atoms with Gasteiger partial charge in [0.25, 0.3) is 62.8 Å². The van der Waals surface area contributed by atoms with Gasteiger partial charge < -0.3 is 25.8 Å². The van der Waals surface area contributed by atoms with Crippen molar-refractivity contribution in [3.05, 3.63) is 123 Å². The first kappa shape index (κ1) is 60.8. The highest BCUT2D eigenvalue weighted by Gasteiger charge is 2.28. The highest BCUT2D eigenvalue weighted by Crippen LogP contribution is 2.47. The fraction of sp³-hybridized carbons (Fsp3) is 0.0227. The van der Waals surface area contributed by atoms with Crippen molar-refractivity contribution >= 4 is 141 Å². The molecule has 0 aliphatic heterocycles. The van der Waals surface area contributed by atoms with E-state index in [4.69, 9.17) is 10.5 Å². The number of aromatic hydroxyl groups is 2. The van der Waals surface area contributed by atoms with E-state index < -0.39 is 182 Å². The van der Waals surface area contributed by atoms with Gasteiger partial charge in [0.2, 0.25) is 11.6 Å². The number of non-ortho nitro benzene ring substituents is 1. The minimum absolute atomic E-state index is 0.108. The molecule has 0 saturated carbocycles. The number of aromatic amines is 1. The molecule has 0 atom stereocenters. The molecule has 36 nitrogen and oxygen atoms in total. The Kier molecular flexibility index (Phi) is 15.9. The number of phenols is 2. The van der Waals surface area contributed by atoms with Gasteiger partial charge in [-0.2, -0.15) is 52.3 Å². The molecule has 8 rings (SSSR count). The number of anilines is 1. The van der Waals surface area contributed by atoms with E-state index in [0.29, 0.717) is 28.9 Å². The van der Waals surface area contributed by atoms with Crippen molar-refractivity contribution in [2.75, 3.05) is 5.73 Å². The number of carboxylic acid groups (broad SMARTS) is 1. The molecule has 0 radical (unpaired) electrons. The molecule has 1 heterocycles. The van der Waals surface area contributed by atoms with Gasteiger partial charge in [-0.3, -0.25) is 47.6 Å². The number of nitrogens with one attached hydrogen (secondary N) is 1. The molecule has 0 unspecified atom stereocenters. The Balaban J connectivity index is 1.15. The van der Waals surface area contributed by atoms with Crippen LogP contribution in [-0.2, 0) is 55.4 Å². The molecule has 0 fully saturated rings. The molecular weight excluding hydrogens is 1240 g/mol. The Morgan fingerprint density at radius 3 is 1.79 bits per heavy atom. The Morgan fingerprint density at radius 2 is 1.18 bits per heavy atom. The molecule has 440 valence electrons. The summed E-state index contributed by atoms with van der Waals surface area (Å²) in [6.45, 7) is 1.01. The number of hydrogen-bond acceptors (Lipinski definition) is 27. The van der Waals surface area contributed by atoms with Crippen LogP contribution in [0.1, 0.15) is 15.9 Å². The lowest BCUT2D eigenvalue weighted by Crippen LogP contribution is -2.18. The van der Waals surface area contributed by atoms with Crippen molar-refractivity contribution in [2.45, 2.75) is 31.4 Å². The van der Waals surface area contributed by atoms with Crippen LogP contribution in [0.25, 0.3) is 27.2 Å². The van der Waals surface area contributed by atoms with Gasteiger partial charge in [-0.15, -0.1) is 30.7 Å². The van der Waals surface area contributed by atoms with Gasteiger partial charge in [0.1, 0.15) is 48.0 Å². The quantitative estimate of drug-likeness (QED) is 0.00977. The van der Waals surface area contributed by atoms with E-state index in [-0.39, 0.29) is 28.5 Å². The van der Waals surface area contributed by atoms with Gasteiger partial charge in [0.05, 0.1) is 43.5 Å². The first-order chi connectivity index (χ1) is 39.5. The third-order valence-corrected chi connectivity index (χ3v) is 16.0. The second kappa shape index (κ2) is 22.2. The third-order valence-electron chi connectivity index (χ3n) is 11.6. The first-order valence-corrected chi connectivity index (χ1v) is 29.4. The summed E-state index contributed by atoms with van der Waals surface area (Å²) < 4.78 is 178. The van der Waals surface area contributed by atoms with E-state index in [2.05, 4.69) is 46.0 Å². The number of azo groups is 4. The third kappa shape index (κ3) is 12.4. The molecule has 41 heteroatoms. The molecule has 0 aliphatic carbocycles. The monoisotopic (exact) mass is 1270 g/mol. The minimum atomic E-state index is -5.38. The normalized spacial score (nSPS) is 12.8. The average Bonchev–Trinajstić information content (AvgIpc) is 1.44. The van der Waals surface area contributed by atoms with Crippen LogP contribution in [-0.4, -0.2) is 107 Å². The van der Waals surface area contributed by atoms with E-state index in [9.17, 15) is 105 Å². The van der Waals surface area contributed by atoms with Crippen LogP contribution >= 0.6 is 0 Å². The van der Waals surface area contributed by atoms with E-state index in [0.717, 1.165) is 66.7 Å². The summed E-state index contributed by atoms with van der Waals surface area (Å²) in [4.78, 5) is 42.1.